The molecular weight excluding hydrogens is 271 g/mol. The minimum atomic E-state index is -4.14. The number of nitrogens with one attached hydrogen (secondary N) is 1. The Bertz CT molecular complexity index is 399. The average molecular weight is 291 g/mol. The molecule has 1 rings (SSSR count). The molecule has 0 fully saturated rings. The quantitative estimate of drug-likeness (QED) is 0.818. The summed E-state index contributed by atoms with van der Waals surface area (Å²) in [7, 11) is 0. The summed E-state index contributed by atoms with van der Waals surface area (Å²) >= 11 is 0. The van der Waals surface area contributed by atoms with Gasteiger partial charge in [-0.2, -0.15) is 13.2 Å². The SMILES string of the molecule is CC(C)(C)NCc1cnc(OCCCC(F)(F)F)cn1. The van der Waals surface area contributed by atoms with E-state index in [0.717, 1.165) is 5.69 Å². The van der Waals surface area contributed by atoms with E-state index in [1.807, 2.05) is 20.8 Å². The van der Waals surface area contributed by atoms with Crippen molar-refractivity contribution in [1.29, 1.82) is 0 Å². The van der Waals surface area contributed by atoms with Crippen molar-refractivity contribution in [1.82, 2.24) is 15.3 Å². The van der Waals surface area contributed by atoms with Crippen LogP contribution in [0.5, 0.6) is 5.88 Å². The van der Waals surface area contributed by atoms with E-state index >= 15 is 0 Å². The van der Waals surface area contributed by atoms with Crippen molar-refractivity contribution in [3.63, 3.8) is 0 Å². The van der Waals surface area contributed by atoms with Crippen LogP contribution in [-0.2, 0) is 6.54 Å². The van der Waals surface area contributed by atoms with Crippen molar-refractivity contribution in [2.24, 2.45) is 0 Å². The highest BCUT2D eigenvalue weighted by atomic mass is 19.4. The number of rotatable bonds is 6. The first kappa shape index (κ1) is 16.7. The maximum atomic E-state index is 11.9. The molecule has 20 heavy (non-hydrogen) atoms. The molecule has 0 bridgehead atoms. The molecule has 7 heteroatoms. The maximum Gasteiger partial charge on any atom is 0.389 e. The van der Waals surface area contributed by atoms with Crippen molar-refractivity contribution < 1.29 is 17.9 Å². The zero-order chi connectivity index (χ0) is 15.2. The molecule has 0 saturated carbocycles. The summed E-state index contributed by atoms with van der Waals surface area (Å²) in [5.74, 6) is 0.242. The number of hydrogen-bond acceptors (Lipinski definition) is 4. The van der Waals surface area contributed by atoms with Gasteiger partial charge < -0.3 is 10.1 Å². The van der Waals surface area contributed by atoms with Crippen molar-refractivity contribution in [2.75, 3.05) is 6.61 Å². The van der Waals surface area contributed by atoms with Crippen LogP contribution in [0.4, 0.5) is 13.2 Å². The van der Waals surface area contributed by atoms with Crippen molar-refractivity contribution in [2.45, 2.75) is 51.9 Å². The lowest BCUT2D eigenvalue weighted by Crippen LogP contribution is -2.35. The van der Waals surface area contributed by atoms with E-state index in [9.17, 15) is 13.2 Å². The van der Waals surface area contributed by atoms with Gasteiger partial charge in [-0.3, -0.25) is 4.98 Å². The summed E-state index contributed by atoms with van der Waals surface area (Å²) in [5, 5.41) is 3.26. The molecule has 4 nitrogen and oxygen atoms in total. The predicted octanol–water partition coefficient (Wildman–Crippen LogP) is 3.09. The van der Waals surface area contributed by atoms with E-state index < -0.39 is 12.6 Å². The summed E-state index contributed by atoms with van der Waals surface area (Å²) in [6.45, 7) is 6.67. The van der Waals surface area contributed by atoms with Gasteiger partial charge in [0.25, 0.3) is 0 Å². The number of nitrogens with zero attached hydrogens (tertiary/aromatic N) is 2. The molecule has 0 aliphatic heterocycles. The van der Waals surface area contributed by atoms with Crippen LogP contribution < -0.4 is 10.1 Å². The van der Waals surface area contributed by atoms with Crippen molar-refractivity contribution in [3.05, 3.63) is 18.1 Å². The lowest BCUT2D eigenvalue weighted by Gasteiger charge is -2.19. The van der Waals surface area contributed by atoms with Gasteiger partial charge in [-0.25, -0.2) is 4.98 Å². The minimum Gasteiger partial charge on any atom is -0.477 e. The Balaban J connectivity index is 2.32. The van der Waals surface area contributed by atoms with Gasteiger partial charge in [0, 0.05) is 18.5 Å². The van der Waals surface area contributed by atoms with Crippen molar-refractivity contribution >= 4 is 0 Å². The van der Waals surface area contributed by atoms with Gasteiger partial charge in [0.2, 0.25) is 5.88 Å². The predicted molar refractivity (Wildman–Crippen MR) is 69.4 cm³/mol. The normalized spacial score (nSPS) is 12.5. The Kier molecular flexibility index (Phi) is 5.74. The Morgan fingerprint density at radius 1 is 1.15 bits per heavy atom. The molecule has 0 radical (unpaired) electrons. The van der Waals surface area contributed by atoms with E-state index in [1.54, 1.807) is 6.20 Å². The fraction of sp³-hybridized carbons (Fsp3) is 0.692. The molecule has 1 aromatic rings. The summed E-state index contributed by atoms with van der Waals surface area (Å²) in [5.41, 5.74) is 0.733. The first-order valence-corrected chi connectivity index (χ1v) is 6.41. The average Bonchev–Trinajstić information content (AvgIpc) is 2.31. The first-order chi connectivity index (χ1) is 9.16. The molecule has 0 unspecified atom stereocenters. The van der Waals surface area contributed by atoms with Crippen LogP contribution in [0, 0.1) is 0 Å². The molecule has 0 atom stereocenters. The number of ether oxygens (including phenoxy) is 1. The lowest BCUT2D eigenvalue weighted by atomic mass is 10.1. The molecule has 0 spiro atoms. The molecule has 1 aromatic heterocycles. The Hall–Kier alpha value is -1.37. The summed E-state index contributed by atoms with van der Waals surface area (Å²) in [4.78, 5) is 8.14. The summed E-state index contributed by atoms with van der Waals surface area (Å²) < 4.78 is 40.9. The maximum absolute atomic E-state index is 11.9. The van der Waals surface area contributed by atoms with Crippen molar-refractivity contribution in [3.8, 4) is 5.88 Å². The van der Waals surface area contributed by atoms with Crippen LogP contribution in [0.25, 0.3) is 0 Å². The van der Waals surface area contributed by atoms with Crippen LogP contribution in [0.15, 0.2) is 12.4 Å². The van der Waals surface area contributed by atoms with Gasteiger partial charge in [-0.1, -0.05) is 0 Å². The number of hydrogen-bond donors (Lipinski definition) is 1. The van der Waals surface area contributed by atoms with Gasteiger partial charge in [0.05, 0.1) is 24.7 Å². The fourth-order valence-corrected chi connectivity index (χ4v) is 1.31. The Morgan fingerprint density at radius 2 is 1.85 bits per heavy atom. The number of alkyl halides is 3. The second kappa shape index (κ2) is 6.88. The number of halogens is 3. The van der Waals surface area contributed by atoms with Crippen LogP contribution >= 0.6 is 0 Å². The topological polar surface area (TPSA) is 47.0 Å². The zero-order valence-corrected chi connectivity index (χ0v) is 11.9. The van der Waals surface area contributed by atoms with Crippen LogP contribution in [0.2, 0.25) is 0 Å². The summed E-state index contributed by atoms with van der Waals surface area (Å²) in [6.07, 6.45) is -2.10. The monoisotopic (exact) mass is 291 g/mol. The molecular formula is C13H20F3N3O. The van der Waals surface area contributed by atoms with E-state index in [4.69, 9.17) is 4.74 Å². The van der Waals surface area contributed by atoms with Gasteiger partial charge >= 0.3 is 6.18 Å². The standard InChI is InChI=1S/C13H20F3N3O/c1-12(2,3)19-8-10-7-18-11(9-17-10)20-6-4-5-13(14,15)16/h7,9,19H,4-6,8H2,1-3H3. The Labute approximate surface area is 116 Å². The third-order valence-corrected chi connectivity index (χ3v) is 2.34. The van der Waals surface area contributed by atoms with Gasteiger partial charge in [0.1, 0.15) is 0 Å². The molecule has 0 amide bonds. The molecule has 114 valence electrons. The van der Waals surface area contributed by atoms with E-state index in [1.165, 1.54) is 6.20 Å². The summed E-state index contributed by atoms with van der Waals surface area (Å²) in [6, 6.07) is 0. The van der Waals surface area contributed by atoms with Gasteiger partial charge in [-0.05, 0) is 27.2 Å². The highest BCUT2D eigenvalue weighted by molar-refractivity contribution is 5.07. The lowest BCUT2D eigenvalue weighted by molar-refractivity contribution is -0.136. The zero-order valence-electron chi connectivity index (χ0n) is 11.9. The highest BCUT2D eigenvalue weighted by Crippen LogP contribution is 2.21. The molecule has 0 aliphatic rings. The smallest absolute Gasteiger partial charge is 0.389 e. The third-order valence-electron chi connectivity index (χ3n) is 2.34. The first-order valence-electron chi connectivity index (χ1n) is 6.41. The number of aromatic nitrogens is 2. The van der Waals surface area contributed by atoms with Crippen LogP contribution in [-0.4, -0.2) is 28.3 Å². The largest absolute Gasteiger partial charge is 0.477 e. The molecule has 0 aromatic carbocycles. The molecule has 0 saturated heterocycles. The molecule has 1 N–H and O–H groups in total. The Morgan fingerprint density at radius 3 is 2.35 bits per heavy atom. The fourth-order valence-electron chi connectivity index (χ4n) is 1.31. The second-order valence-corrected chi connectivity index (χ2v) is 5.52. The molecule has 0 aliphatic carbocycles. The van der Waals surface area contributed by atoms with E-state index in [0.29, 0.717) is 6.54 Å². The third kappa shape index (κ3) is 7.93. The van der Waals surface area contributed by atoms with Gasteiger partial charge in [0.15, 0.2) is 0 Å². The minimum absolute atomic E-state index is 0.0194. The van der Waals surface area contributed by atoms with E-state index in [2.05, 4.69) is 15.3 Å². The molecule has 1 heterocycles. The van der Waals surface area contributed by atoms with Crippen LogP contribution in [0.1, 0.15) is 39.3 Å². The second-order valence-electron chi connectivity index (χ2n) is 5.52. The van der Waals surface area contributed by atoms with E-state index in [-0.39, 0.29) is 24.4 Å². The van der Waals surface area contributed by atoms with Crippen LogP contribution in [0.3, 0.4) is 0 Å². The highest BCUT2D eigenvalue weighted by Gasteiger charge is 2.26. The van der Waals surface area contributed by atoms with Gasteiger partial charge in [-0.15, -0.1) is 0 Å².